The summed E-state index contributed by atoms with van der Waals surface area (Å²) in [6.45, 7) is 0. The highest BCUT2D eigenvalue weighted by Crippen LogP contribution is 2.67. The summed E-state index contributed by atoms with van der Waals surface area (Å²) < 4.78 is 2.62. The highest BCUT2D eigenvalue weighted by atomic mass is 35.5. The average Bonchev–Trinajstić information content (AvgIpc) is 3.21. The van der Waals surface area contributed by atoms with Gasteiger partial charge in [0.1, 0.15) is 0 Å². The van der Waals surface area contributed by atoms with Gasteiger partial charge in [-0.25, -0.2) is 0 Å². The van der Waals surface area contributed by atoms with E-state index in [0.29, 0.717) is 0 Å². The largest absolute Gasteiger partial charge is 0.193 e. The van der Waals surface area contributed by atoms with Gasteiger partial charge in [0.25, 0.3) is 0 Å². The quantitative estimate of drug-likeness (QED) is 0.281. The molecule has 0 atom stereocenters. The SMILES string of the molecule is CS1(C)C2=C(CCC=C2)c2ccc(-c3cccc4sc5ccc(Cl)cc5c34)cc21. The summed E-state index contributed by atoms with van der Waals surface area (Å²) in [7, 11) is -0.952. The summed E-state index contributed by atoms with van der Waals surface area (Å²) in [6.07, 6.45) is 12.0. The lowest BCUT2D eigenvalue weighted by Gasteiger charge is -2.30. The summed E-state index contributed by atoms with van der Waals surface area (Å²) in [5.74, 6) is 0. The zero-order valence-corrected chi connectivity index (χ0v) is 18.8. The van der Waals surface area contributed by atoms with Crippen molar-refractivity contribution in [1.29, 1.82) is 0 Å². The third-order valence-electron chi connectivity index (χ3n) is 6.30. The first-order valence-electron chi connectivity index (χ1n) is 9.93. The van der Waals surface area contributed by atoms with Crippen molar-refractivity contribution in [2.45, 2.75) is 17.7 Å². The molecule has 2 aliphatic rings. The van der Waals surface area contributed by atoms with Gasteiger partial charge < -0.3 is 0 Å². The fourth-order valence-corrected chi connectivity index (χ4v) is 8.86. The van der Waals surface area contributed by atoms with Crippen LogP contribution in [0.1, 0.15) is 18.4 Å². The highest BCUT2D eigenvalue weighted by molar-refractivity contribution is 8.36. The minimum Gasteiger partial charge on any atom is -0.193 e. The van der Waals surface area contributed by atoms with Gasteiger partial charge in [-0.15, -0.1) is 11.3 Å². The number of allylic oxidation sites excluding steroid dienone is 3. The van der Waals surface area contributed by atoms with E-state index in [1.165, 1.54) is 43.3 Å². The summed E-state index contributed by atoms with van der Waals surface area (Å²) in [4.78, 5) is 3.13. The highest BCUT2D eigenvalue weighted by Gasteiger charge is 2.33. The van der Waals surface area contributed by atoms with Gasteiger partial charge in [0.15, 0.2) is 0 Å². The minimum absolute atomic E-state index is 0.801. The number of hydrogen-bond acceptors (Lipinski definition) is 1. The third kappa shape index (κ3) is 2.53. The number of rotatable bonds is 1. The van der Waals surface area contributed by atoms with E-state index in [9.17, 15) is 0 Å². The monoisotopic (exact) mass is 432 g/mol. The van der Waals surface area contributed by atoms with Crippen LogP contribution in [0.5, 0.6) is 0 Å². The van der Waals surface area contributed by atoms with Crippen LogP contribution in [-0.2, 0) is 0 Å². The molecule has 1 aliphatic carbocycles. The summed E-state index contributed by atoms with van der Waals surface area (Å²) in [6, 6.07) is 20.1. The molecule has 6 rings (SSSR count). The first kappa shape index (κ1) is 17.8. The Labute approximate surface area is 181 Å². The van der Waals surface area contributed by atoms with Crippen LogP contribution in [-0.4, -0.2) is 12.5 Å². The van der Waals surface area contributed by atoms with Crippen molar-refractivity contribution < 1.29 is 0 Å². The van der Waals surface area contributed by atoms with Crippen molar-refractivity contribution in [1.82, 2.24) is 0 Å². The maximum absolute atomic E-state index is 6.35. The number of benzene rings is 3. The maximum atomic E-state index is 6.35. The molecule has 0 amide bonds. The Kier molecular flexibility index (Phi) is 3.84. The van der Waals surface area contributed by atoms with Crippen LogP contribution in [0.15, 0.2) is 76.5 Å². The van der Waals surface area contributed by atoms with E-state index in [4.69, 9.17) is 11.6 Å². The van der Waals surface area contributed by atoms with Crippen LogP contribution in [0.2, 0.25) is 5.02 Å². The number of hydrogen-bond donors (Lipinski definition) is 0. The lowest BCUT2D eigenvalue weighted by atomic mass is 9.94. The minimum atomic E-state index is -0.952. The molecule has 3 heteroatoms. The molecular weight excluding hydrogens is 412 g/mol. The summed E-state index contributed by atoms with van der Waals surface area (Å²) in [5.41, 5.74) is 5.70. The van der Waals surface area contributed by atoms with E-state index in [2.05, 4.69) is 73.2 Å². The van der Waals surface area contributed by atoms with Gasteiger partial charge in [-0.05, 0) is 82.9 Å². The predicted octanol–water partition coefficient (Wildman–Crippen LogP) is 8.87. The van der Waals surface area contributed by atoms with Crippen molar-refractivity contribution in [3.8, 4) is 11.1 Å². The average molecular weight is 433 g/mol. The molecule has 0 saturated heterocycles. The van der Waals surface area contributed by atoms with Crippen molar-refractivity contribution >= 4 is 58.7 Å². The van der Waals surface area contributed by atoms with Crippen LogP contribution in [0.25, 0.3) is 36.9 Å². The van der Waals surface area contributed by atoms with E-state index in [1.807, 2.05) is 17.4 Å². The second kappa shape index (κ2) is 6.25. The molecule has 29 heavy (non-hydrogen) atoms. The van der Waals surface area contributed by atoms with Gasteiger partial charge in [0, 0.05) is 30.1 Å². The van der Waals surface area contributed by atoms with Gasteiger partial charge >= 0.3 is 0 Å². The van der Waals surface area contributed by atoms with Crippen molar-refractivity contribution in [3.05, 3.63) is 82.2 Å². The Morgan fingerprint density at radius 1 is 0.931 bits per heavy atom. The van der Waals surface area contributed by atoms with E-state index >= 15 is 0 Å². The summed E-state index contributed by atoms with van der Waals surface area (Å²) in [5, 5.41) is 3.40. The molecule has 3 aromatic carbocycles. The zero-order valence-electron chi connectivity index (χ0n) is 16.5. The lowest BCUT2D eigenvalue weighted by molar-refractivity contribution is 1.05. The van der Waals surface area contributed by atoms with Gasteiger partial charge in [-0.3, -0.25) is 0 Å². The van der Waals surface area contributed by atoms with E-state index in [-0.39, 0.29) is 0 Å². The molecule has 1 aromatic heterocycles. The van der Waals surface area contributed by atoms with Gasteiger partial charge in [0.2, 0.25) is 0 Å². The summed E-state index contributed by atoms with van der Waals surface area (Å²) >= 11 is 8.20. The smallest absolute Gasteiger partial charge is 0.0413 e. The van der Waals surface area contributed by atoms with Gasteiger partial charge in [-0.2, -0.15) is 10.0 Å². The fourth-order valence-electron chi connectivity index (χ4n) is 4.91. The molecule has 0 spiro atoms. The second-order valence-electron chi connectivity index (χ2n) is 8.24. The predicted molar refractivity (Wildman–Crippen MR) is 133 cm³/mol. The van der Waals surface area contributed by atoms with Crippen LogP contribution in [0, 0.1) is 0 Å². The Morgan fingerprint density at radius 3 is 2.72 bits per heavy atom. The Balaban J connectivity index is 1.61. The number of halogens is 1. The van der Waals surface area contributed by atoms with Crippen LogP contribution >= 0.6 is 33.0 Å². The molecule has 0 saturated carbocycles. The first-order valence-corrected chi connectivity index (χ1v) is 13.6. The van der Waals surface area contributed by atoms with Crippen LogP contribution < -0.4 is 0 Å². The van der Waals surface area contributed by atoms with E-state index < -0.39 is 10.0 Å². The molecule has 0 unspecified atom stereocenters. The molecule has 0 bridgehead atoms. The normalized spacial score (nSPS) is 18.3. The van der Waals surface area contributed by atoms with E-state index in [0.717, 1.165) is 11.4 Å². The Bertz CT molecular complexity index is 1380. The topological polar surface area (TPSA) is 0 Å². The van der Waals surface area contributed by atoms with Gasteiger partial charge in [0.05, 0.1) is 0 Å². The molecule has 0 fully saturated rings. The third-order valence-corrected chi connectivity index (χ3v) is 10.6. The molecule has 0 N–H and O–H groups in total. The fraction of sp³-hybridized carbons (Fsp3) is 0.154. The van der Waals surface area contributed by atoms with Crippen LogP contribution in [0.3, 0.4) is 0 Å². The van der Waals surface area contributed by atoms with Crippen molar-refractivity contribution in [2.75, 3.05) is 12.5 Å². The molecule has 144 valence electrons. The molecule has 1 aliphatic heterocycles. The first-order chi connectivity index (χ1) is 14.0. The Hall–Kier alpha value is -2.00. The standard InChI is InChI=1S/C26H21ClS2/c1-29(2)24-9-4-3-6-19(24)20-12-10-16(14-25(20)29)18-7-5-8-23-26(18)21-15-17(27)11-13-22(21)28-23/h4-5,7-15H,3,6H2,1-2H3. The molecule has 0 nitrogen and oxygen atoms in total. The van der Waals surface area contributed by atoms with Crippen LogP contribution in [0.4, 0.5) is 0 Å². The van der Waals surface area contributed by atoms with Crippen molar-refractivity contribution in [3.63, 3.8) is 0 Å². The molecule has 2 heterocycles. The van der Waals surface area contributed by atoms with E-state index in [1.54, 1.807) is 15.4 Å². The Morgan fingerprint density at radius 2 is 1.83 bits per heavy atom. The molecule has 4 aromatic rings. The molecular formula is C26H21ClS2. The van der Waals surface area contributed by atoms with Crippen molar-refractivity contribution in [2.24, 2.45) is 0 Å². The molecule has 0 radical (unpaired) electrons. The van der Waals surface area contributed by atoms with Gasteiger partial charge in [-0.1, -0.05) is 48.0 Å². The second-order valence-corrected chi connectivity index (χ2v) is 13.3. The number of thiophene rings is 1. The number of fused-ring (bicyclic) bond motifs is 5. The maximum Gasteiger partial charge on any atom is 0.0413 e. The lowest BCUT2D eigenvalue weighted by Crippen LogP contribution is -1.96. The zero-order chi connectivity index (χ0) is 19.8.